The lowest BCUT2D eigenvalue weighted by molar-refractivity contribution is 1.03. The van der Waals surface area contributed by atoms with Gasteiger partial charge in [-0.3, -0.25) is 0 Å². The third-order valence-electron chi connectivity index (χ3n) is 4.18. The van der Waals surface area contributed by atoms with Gasteiger partial charge in [-0.05, 0) is 47.6 Å². The molecule has 2 aromatic carbocycles. The third-order valence-corrected chi connectivity index (χ3v) is 4.18. The number of allylic oxidation sites excluding steroid dienone is 7. The molecule has 0 amide bonds. The van der Waals surface area contributed by atoms with E-state index in [0.717, 1.165) is 12.8 Å². The van der Waals surface area contributed by atoms with Gasteiger partial charge < -0.3 is 0 Å². The van der Waals surface area contributed by atoms with Crippen LogP contribution in [0, 0.1) is 6.92 Å². The molecule has 0 saturated heterocycles. The summed E-state index contributed by atoms with van der Waals surface area (Å²) in [5.74, 6) is 0. The Morgan fingerprint density at radius 1 is 0.913 bits per heavy atom. The summed E-state index contributed by atoms with van der Waals surface area (Å²) in [7, 11) is 0. The van der Waals surface area contributed by atoms with Crippen LogP contribution in [0.1, 0.15) is 29.5 Å². The Kier molecular flexibility index (Phi) is 4.73. The average molecular weight is 298 g/mol. The Hall–Kier alpha value is -2.60. The van der Waals surface area contributed by atoms with Crippen molar-refractivity contribution in [2.45, 2.75) is 19.8 Å². The van der Waals surface area contributed by atoms with Crippen LogP contribution in [-0.2, 0) is 0 Å². The monoisotopic (exact) mass is 298 g/mol. The van der Waals surface area contributed by atoms with E-state index in [2.05, 4.69) is 86.3 Å². The zero-order valence-electron chi connectivity index (χ0n) is 13.6. The molecule has 0 aliphatic heterocycles. The first-order valence-corrected chi connectivity index (χ1v) is 8.16. The van der Waals surface area contributed by atoms with E-state index in [0.29, 0.717) is 0 Å². The lowest BCUT2D eigenvalue weighted by Crippen LogP contribution is -1.96. The summed E-state index contributed by atoms with van der Waals surface area (Å²) in [5, 5.41) is 0. The first-order chi connectivity index (χ1) is 11.3. The minimum Gasteiger partial charge on any atom is -0.0984 e. The van der Waals surface area contributed by atoms with E-state index in [4.69, 9.17) is 0 Å². The quantitative estimate of drug-likeness (QED) is 0.454. The SMILES string of the molecule is C=C/C(=C(\C1=CCCC=C1)c1ccc(C)cc1)c1ccccc1. The van der Waals surface area contributed by atoms with Crippen molar-refractivity contribution in [3.8, 4) is 0 Å². The van der Waals surface area contributed by atoms with E-state index in [1.54, 1.807) is 0 Å². The summed E-state index contributed by atoms with van der Waals surface area (Å²) in [6.07, 6.45) is 11.0. The Morgan fingerprint density at radius 3 is 2.26 bits per heavy atom. The summed E-state index contributed by atoms with van der Waals surface area (Å²) >= 11 is 0. The van der Waals surface area contributed by atoms with Gasteiger partial charge in [-0.2, -0.15) is 0 Å². The van der Waals surface area contributed by atoms with Crippen LogP contribution in [0.2, 0.25) is 0 Å². The van der Waals surface area contributed by atoms with Crippen molar-refractivity contribution < 1.29 is 0 Å². The van der Waals surface area contributed by atoms with Crippen LogP contribution in [0.25, 0.3) is 11.1 Å². The number of rotatable bonds is 4. The molecule has 0 N–H and O–H groups in total. The molecule has 0 bridgehead atoms. The molecule has 0 saturated carbocycles. The summed E-state index contributed by atoms with van der Waals surface area (Å²) in [5.41, 5.74) is 7.47. The molecule has 3 rings (SSSR count). The molecule has 114 valence electrons. The fraction of sp³-hybridized carbons (Fsp3) is 0.130. The molecule has 2 aromatic rings. The minimum atomic E-state index is 1.10. The first kappa shape index (κ1) is 15.3. The number of aryl methyl sites for hydroxylation is 1. The van der Waals surface area contributed by atoms with E-state index in [9.17, 15) is 0 Å². The van der Waals surface area contributed by atoms with E-state index in [-0.39, 0.29) is 0 Å². The van der Waals surface area contributed by atoms with Crippen molar-refractivity contribution in [2.75, 3.05) is 0 Å². The molecule has 1 aliphatic rings. The summed E-state index contributed by atoms with van der Waals surface area (Å²) < 4.78 is 0. The van der Waals surface area contributed by atoms with Gasteiger partial charge in [0.1, 0.15) is 0 Å². The topological polar surface area (TPSA) is 0 Å². The predicted molar refractivity (Wildman–Crippen MR) is 101 cm³/mol. The van der Waals surface area contributed by atoms with Crippen LogP contribution in [0.4, 0.5) is 0 Å². The lowest BCUT2D eigenvalue weighted by Gasteiger charge is -2.17. The fourth-order valence-electron chi connectivity index (χ4n) is 2.98. The highest BCUT2D eigenvalue weighted by Crippen LogP contribution is 2.35. The third kappa shape index (κ3) is 3.43. The molecule has 0 aromatic heterocycles. The van der Waals surface area contributed by atoms with Crippen molar-refractivity contribution >= 4 is 11.1 Å². The normalized spacial score (nSPS) is 14.9. The Morgan fingerprint density at radius 2 is 1.65 bits per heavy atom. The lowest BCUT2D eigenvalue weighted by atomic mass is 9.87. The Bertz CT molecular complexity index is 769. The zero-order chi connectivity index (χ0) is 16.1. The van der Waals surface area contributed by atoms with Crippen LogP contribution in [-0.4, -0.2) is 0 Å². The van der Waals surface area contributed by atoms with Crippen LogP contribution in [0.15, 0.2) is 91.1 Å². The van der Waals surface area contributed by atoms with E-state index >= 15 is 0 Å². The van der Waals surface area contributed by atoms with Crippen molar-refractivity contribution in [1.29, 1.82) is 0 Å². The zero-order valence-corrected chi connectivity index (χ0v) is 13.6. The second kappa shape index (κ2) is 7.11. The smallest absolute Gasteiger partial charge is 0.00364 e. The van der Waals surface area contributed by atoms with Gasteiger partial charge in [-0.15, -0.1) is 0 Å². The highest BCUT2D eigenvalue weighted by Gasteiger charge is 2.13. The van der Waals surface area contributed by atoms with Crippen LogP contribution in [0.3, 0.4) is 0 Å². The van der Waals surface area contributed by atoms with E-state index in [1.807, 2.05) is 6.08 Å². The molecule has 23 heavy (non-hydrogen) atoms. The summed E-state index contributed by atoms with van der Waals surface area (Å²) in [6.45, 7) is 6.21. The van der Waals surface area contributed by atoms with E-state index in [1.165, 1.54) is 33.4 Å². The predicted octanol–water partition coefficient (Wildman–Crippen LogP) is 6.37. The standard InChI is InChI=1S/C23H22/c1-3-22(19-10-6-4-7-11-19)23(20-12-8-5-9-13-20)21-16-14-18(2)15-17-21/h3-4,6-8,10-17H,1,5,9H2,2H3/b23-22-. The van der Waals surface area contributed by atoms with Crippen LogP contribution >= 0.6 is 0 Å². The van der Waals surface area contributed by atoms with Crippen LogP contribution in [0.5, 0.6) is 0 Å². The van der Waals surface area contributed by atoms with Gasteiger partial charge in [0, 0.05) is 0 Å². The van der Waals surface area contributed by atoms with E-state index < -0.39 is 0 Å². The van der Waals surface area contributed by atoms with Crippen molar-refractivity contribution in [3.63, 3.8) is 0 Å². The van der Waals surface area contributed by atoms with Crippen molar-refractivity contribution in [1.82, 2.24) is 0 Å². The summed E-state index contributed by atoms with van der Waals surface area (Å²) in [6, 6.07) is 19.3. The molecule has 0 fully saturated rings. The molecule has 0 heteroatoms. The van der Waals surface area contributed by atoms with Gasteiger partial charge in [0.2, 0.25) is 0 Å². The first-order valence-electron chi connectivity index (χ1n) is 8.16. The minimum absolute atomic E-state index is 1.10. The van der Waals surface area contributed by atoms with Gasteiger partial charge in [0.25, 0.3) is 0 Å². The average Bonchev–Trinajstić information content (AvgIpc) is 2.62. The second-order valence-electron chi connectivity index (χ2n) is 5.86. The molecule has 0 spiro atoms. The molecule has 1 aliphatic carbocycles. The van der Waals surface area contributed by atoms with Gasteiger partial charge in [0.05, 0.1) is 0 Å². The number of hydrogen-bond donors (Lipinski definition) is 0. The number of hydrogen-bond acceptors (Lipinski definition) is 0. The maximum Gasteiger partial charge on any atom is -0.00364 e. The largest absolute Gasteiger partial charge is 0.0984 e. The van der Waals surface area contributed by atoms with Gasteiger partial charge in [-0.25, -0.2) is 0 Å². The van der Waals surface area contributed by atoms with Gasteiger partial charge in [-0.1, -0.05) is 91.0 Å². The maximum atomic E-state index is 4.09. The Balaban J connectivity index is 2.23. The molecule has 0 unspecified atom stereocenters. The highest BCUT2D eigenvalue weighted by molar-refractivity contribution is 6.03. The molecule has 0 atom stereocenters. The van der Waals surface area contributed by atoms with Crippen molar-refractivity contribution in [2.24, 2.45) is 0 Å². The summed E-state index contributed by atoms with van der Waals surface area (Å²) in [4.78, 5) is 0. The number of benzene rings is 2. The molecule has 0 nitrogen and oxygen atoms in total. The molecular weight excluding hydrogens is 276 g/mol. The van der Waals surface area contributed by atoms with Crippen LogP contribution < -0.4 is 0 Å². The van der Waals surface area contributed by atoms with Gasteiger partial charge in [0.15, 0.2) is 0 Å². The van der Waals surface area contributed by atoms with Gasteiger partial charge >= 0.3 is 0 Å². The Labute approximate surface area is 139 Å². The fourth-order valence-corrected chi connectivity index (χ4v) is 2.98. The molecular formula is C23H22. The maximum absolute atomic E-state index is 4.09. The molecule has 0 radical (unpaired) electrons. The highest BCUT2D eigenvalue weighted by atomic mass is 14.2. The molecule has 0 heterocycles. The van der Waals surface area contributed by atoms with Crippen molar-refractivity contribution in [3.05, 3.63) is 108 Å². The second-order valence-corrected chi connectivity index (χ2v) is 5.86.